The van der Waals surface area contributed by atoms with Crippen molar-refractivity contribution in [2.75, 3.05) is 0 Å². The van der Waals surface area contributed by atoms with Gasteiger partial charge in [-0.1, -0.05) is 67.7 Å². The van der Waals surface area contributed by atoms with Gasteiger partial charge in [-0.05, 0) is 51.4 Å². The van der Waals surface area contributed by atoms with Crippen LogP contribution in [0.25, 0.3) is 0 Å². The van der Waals surface area contributed by atoms with Crippen molar-refractivity contribution in [1.29, 1.82) is 0 Å². The van der Waals surface area contributed by atoms with Crippen LogP contribution in [0.2, 0.25) is 0 Å². The molecule has 0 aromatic heterocycles. The van der Waals surface area contributed by atoms with E-state index in [2.05, 4.69) is 60.3 Å². The standard InChI is InChI=1S/C25H37NO5/c1-2-3-4-5-6-7-8-9-10-11-12-13-14-15-16-17-18-19-24(29)31-25(30)22(26)20-21-23(27)28/h3-4,6-7,9-10,12-13,15-16,22H,2,5,8,11,14,17-21,26H2,1H3,(H,27,28). The number of carbonyl (C=O) groups is 3. The largest absolute Gasteiger partial charge is 0.481 e. The lowest BCUT2D eigenvalue weighted by molar-refractivity contribution is -0.160. The highest BCUT2D eigenvalue weighted by Gasteiger charge is 2.19. The molecule has 0 radical (unpaired) electrons. The Labute approximate surface area is 186 Å². The van der Waals surface area contributed by atoms with E-state index in [0.29, 0.717) is 12.8 Å². The van der Waals surface area contributed by atoms with Gasteiger partial charge in [0.25, 0.3) is 0 Å². The van der Waals surface area contributed by atoms with Gasteiger partial charge < -0.3 is 15.6 Å². The Morgan fingerprint density at radius 1 is 0.806 bits per heavy atom. The van der Waals surface area contributed by atoms with Crippen LogP contribution in [-0.4, -0.2) is 29.1 Å². The fourth-order valence-corrected chi connectivity index (χ4v) is 2.37. The predicted molar refractivity (Wildman–Crippen MR) is 124 cm³/mol. The second kappa shape index (κ2) is 20.5. The molecule has 31 heavy (non-hydrogen) atoms. The number of ether oxygens (including phenoxy) is 1. The Morgan fingerprint density at radius 2 is 1.29 bits per heavy atom. The molecule has 3 N–H and O–H groups in total. The summed E-state index contributed by atoms with van der Waals surface area (Å²) >= 11 is 0. The first-order chi connectivity index (χ1) is 15.0. The van der Waals surface area contributed by atoms with Gasteiger partial charge in [-0.15, -0.1) is 0 Å². The molecule has 0 aromatic carbocycles. The summed E-state index contributed by atoms with van der Waals surface area (Å²) in [5.41, 5.74) is 5.49. The predicted octanol–water partition coefficient (Wildman–Crippen LogP) is 5.17. The fraction of sp³-hybridized carbons (Fsp3) is 0.480. The average Bonchev–Trinajstić information content (AvgIpc) is 2.74. The number of carboxylic acid groups (broad SMARTS) is 1. The third kappa shape index (κ3) is 20.3. The van der Waals surface area contributed by atoms with Gasteiger partial charge in [0.05, 0.1) is 0 Å². The molecule has 0 rings (SSSR count). The zero-order chi connectivity index (χ0) is 23.2. The lowest BCUT2D eigenvalue weighted by atomic mass is 10.2. The van der Waals surface area contributed by atoms with E-state index >= 15 is 0 Å². The summed E-state index contributed by atoms with van der Waals surface area (Å²) in [5.74, 6) is -2.56. The van der Waals surface area contributed by atoms with Gasteiger partial charge in [0.1, 0.15) is 6.04 Å². The van der Waals surface area contributed by atoms with E-state index in [9.17, 15) is 14.4 Å². The SMILES string of the molecule is CCC=CCC=CCC=CCC=CCC=CCCCC(=O)OC(=O)C(N)CCC(=O)O. The molecule has 0 aliphatic carbocycles. The minimum Gasteiger partial charge on any atom is -0.481 e. The lowest BCUT2D eigenvalue weighted by Crippen LogP contribution is -2.34. The summed E-state index contributed by atoms with van der Waals surface area (Å²) in [7, 11) is 0. The molecule has 0 aliphatic heterocycles. The maximum Gasteiger partial charge on any atom is 0.330 e. The highest BCUT2D eigenvalue weighted by molar-refractivity contribution is 5.88. The van der Waals surface area contributed by atoms with Gasteiger partial charge in [-0.25, -0.2) is 4.79 Å². The van der Waals surface area contributed by atoms with E-state index in [1.54, 1.807) is 0 Å². The summed E-state index contributed by atoms with van der Waals surface area (Å²) < 4.78 is 4.63. The van der Waals surface area contributed by atoms with Crippen LogP contribution in [-0.2, 0) is 19.1 Å². The third-order valence-corrected chi connectivity index (χ3v) is 4.10. The van der Waals surface area contributed by atoms with Crippen molar-refractivity contribution in [2.45, 2.75) is 77.2 Å². The number of aliphatic carboxylic acids is 1. The van der Waals surface area contributed by atoms with E-state index in [1.165, 1.54) is 0 Å². The van der Waals surface area contributed by atoms with E-state index in [-0.39, 0.29) is 19.3 Å². The molecule has 1 unspecified atom stereocenters. The molecule has 0 fully saturated rings. The zero-order valence-corrected chi connectivity index (χ0v) is 18.6. The van der Waals surface area contributed by atoms with Crippen LogP contribution >= 0.6 is 0 Å². The highest BCUT2D eigenvalue weighted by atomic mass is 16.6. The Kier molecular flexibility index (Phi) is 18.7. The van der Waals surface area contributed by atoms with Crippen molar-refractivity contribution in [3.63, 3.8) is 0 Å². The van der Waals surface area contributed by atoms with Gasteiger partial charge in [0.15, 0.2) is 0 Å². The summed E-state index contributed by atoms with van der Waals surface area (Å²) in [6, 6.07) is -1.09. The number of unbranched alkanes of at least 4 members (excludes halogenated alkanes) is 1. The number of carboxylic acids is 1. The Hall–Kier alpha value is -2.73. The van der Waals surface area contributed by atoms with Gasteiger partial charge >= 0.3 is 17.9 Å². The van der Waals surface area contributed by atoms with Crippen molar-refractivity contribution in [3.8, 4) is 0 Å². The summed E-state index contributed by atoms with van der Waals surface area (Å²) in [6.07, 6.45) is 27.1. The molecule has 0 aromatic rings. The molecule has 1 atom stereocenters. The van der Waals surface area contributed by atoms with Crippen LogP contribution in [0.4, 0.5) is 0 Å². The molecule has 0 saturated carbocycles. The molecule has 0 amide bonds. The zero-order valence-electron chi connectivity index (χ0n) is 18.6. The molecule has 6 nitrogen and oxygen atoms in total. The number of rotatable bonds is 17. The van der Waals surface area contributed by atoms with Crippen LogP contribution in [0.1, 0.15) is 71.1 Å². The Balaban J connectivity index is 3.72. The van der Waals surface area contributed by atoms with Crippen molar-refractivity contribution in [3.05, 3.63) is 60.8 Å². The molecule has 6 heteroatoms. The van der Waals surface area contributed by atoms with Crippen molar-refractivity contribution >= 4 is 17.9 Å². The van der Waals surface area contributed by atoms with Gasteiger partial charge in [0.2, 0.25) is 0 Å². The van der Waals surface area contributed by atoms with Crippen LogP contribution in [0, 0.1) is 0 Å². The number of nitrogens with two attached hydrogens (primary N) is 1. The van der Waals surface area contributed by atoms with E-state index in [4.69, 9.17) is 10.8 Å². The second-order valence-electron chi connectivity index (χ2n) is 6.93. The quantitative estimate of drug-likeness (QED) is 0.142. The Morgan fingerprint density at radius 3 is 1.77 bits per heavy atom. The number of carbonyl (C=O) groups excluding carboxylic acids is 2. The van der Waals surface area contributed by atoms with E-state index in [0.717, 1.165) is 32.1 Å². The number of hydrogen-bond acceptors (Lipinski definition) is 5. The second-order valence-corrected chi connectivity index (χ2v) is 6.93. The van der Waals surface area contributed by atoms with E-state index in [1.807, 2.05) is 12.2 Å². The number of esters is 2. The lowest BCUT2D eigenvalue weighted by Gasteiger charge is -2.08. The fourth-order valence-electron chi connectivity index (χ4n) is 2.37. The summed E-state index contributed by atoms with van der Waals surface area (Å²) in [5, 5.41) is 8.55. The van der Waals surface area contributed by atoms with Crippen LogP contribution in [0.15, 0.2) is 60.8 Å². The van der Waals surface area contributed by atoms with Crippen LogP contribution < -0.4 is 5.73 Å². The normalized spacial score (nSPS) is 13.2. The third-order valence-electron chi connectivity index (χ3n) is 4.10. The first-order valence-corrected chi connectivity index (χ1v) is 10.9. The molecule has 172 valence electrons. The molecule has 0 spiro atoms. The van der Waals surface area contributed by atoms with Crippen molar-refractivity contribution in [2.24, 2.45) is 5.73 Å². The minimum atomic E-state index is -1.09. The molecule has 0 heterocycles. The number of hydrogen-bond donors (Lipinski definition) is 2. The molecule has 0 saturated heterocycles. The monoisotopic (exact) mass is 431 g/mol. The van der Waals surface area contributed by atoms with Crippen molar-refractivity contribution in [1.82, 2.24) is 0 Å². The first kappa shape index (κ1) is 28.3. The smallest absolute Gasteiger partial charge is 0.330 e. The maximum atomic E-state index is 11.6. The average molecular weight is 432 g/mol. The van der Waals surface area contributed by atoms with E-state index < -0.39 is 23.9 Å². The highest BCUT2D eigenvalue weighted by Crippen LogP contribution is 2.03. The van der Waals surface area contributed by atoms with Crippen LogP contribution in [0.5, 0.6) is 0 Å². The minimum absolute atomic E-state index is 0.0541. The van der Waals surface area contributed by atoms with Crippen LogP contribution in [0.3, 0.4) is 0 Å². The van der Waals surface area contributed by atoms with Gasteiger partial charge in [-0.3, -0.25) is 9.59 Å². The topological polar surface area (TPSA) is 107 Å². The molecule has 0 aliphatic rings. The van der Waals surface area contributed by atoms with Crippen molar-refractivity contribution < 1.29 is 24.2 Å². The summed E-state index contributed by atoms with van der Waals surface area (Å²) in [4.78, 5) is 33.6. The van der Waals surface area contributed by atoms with Gasteiger partial charge in [-0.2, -0.15) is 0 Å². The number of allylic oxidation sites excluding steroid dienone is 10. The molecular weight excluding hydrogens is 394 g/mol. The summed E-state index contributed by atoms with van der Waals surface area (Å²) in [6.45, 7) is 2.13. The maximum absolute atomic E-state index is 11.6. The molecule has 0 bridgehead atoms. The first-order valence-electron chi connectivity index (χ1n) is 10.9. The van der Waals surface area contributed by atoms with Gasteiger partial charge in [0, 0.05) is 12.8 Å². The Bertz CT molecular complexity index is 659. The molecular formula is C25H37NO5.